The summed E-state index contributed by atoms with van der Waals surface area (Å²) in [5.74, 6) is 2.23. The molecule has 0 radical (unpaired) electrons. The number of hydrogen-bond donors (Lipinski definition) is 2. The van der Waals surface area contributed by atoms with Crippen LogP contribution in [0.5, 0.6) is 5.75 Å². The summed E-state index contributed by atoms with van der Waals surface area (Å²) < 4.78 is 5.82. The Labute approximate surface area is 147 Å². The quantitative estimate of drug-likeness (QED) is 0.679. The fraction of sp³-hybridized carbons (Fsp3) is 0.211. The van der Waals surface area contributed by atoms with E-state index in [2.05, 4.69) is 25.6 Å². The van der Waals surface area contributed by atoms with Crippen LogP contribution < -0.4 is 15.4 Å². The predicted molar refractivity (Wildman–Crippen MR) is 99.1 cm³/mol. The fourth-order valence-electron chi connectivity index (χ4n) is 2.28. The van der Waals surface area contributed by atoms with Gasteiger partial charge in [-0.3, -0.25) is 4.98 Å². The van der Waals surface area contributed by atoms with Crippen LogP contribution in [0.4, 0.5) is 17.3 Å². The molecule has 1 aromatic carbocycles. The molecule has 6 nitrogen and oxygen atoms in total. The Bertz CT molecular complexity index is 808. The molecule has 0 aliphatic rings. The number of hydrogen-bond acceptors (Lipinski definition) is 6. The number of ether oxygens (including phenoxy) is 1. The summed E-state index contributed by atoms with van der Waals surface area (Å²) in [5, 5.41) is 6.56. The second-order valence-electron chi connectivity index (χ2n) is 5.79. The Kier molecular flexibility index (Phi) is 5.41. The van der Waals surface area contributed by atoms with Crippen LogP contribution in [-0.2, 0) is 6.54 Å². The Morgan fingerprint density at radius 3 is 2.68 bits per heavy atom. The molecule has 2 aromatic heterocycles. The first-order valence-electron chi connectivity index (χ1n) is 8.18. The molecule has 0 saturated heterocycles. The zero-order valence-corrected chi connectivity index (χ0v) is 14.3. The van der Waals surface area contributed by atoms with Crippen molar-refractivity contribution >= 4 is 17.3 Å². The van der Waals surface area contributed by atoms with Crippen molar-refractivity contribution in [3.05, 3.63) is 66.7 Å². The van der Waals surface area contributed by atoms with Crippen molar-refractivity contribution in [2.24, 2.45) is 0 Å². The third kappa shape index (κ3) is 4.91. The minimum Gasteiger partial charge on any atom is -0.489 e. The molecule has 2 heterocycles. The van der Waals surface area contributed by atoms with Crippen molar-refractivity contribution in [3.8, 4) is 5.75 Å². The molecule has 128 valence electrons. The van der Waals surface area contributed by atoms with E-state index in [0.29, 0.717) is 12.4 Å². The minimum absolute atomic E-state index is 0.102. The van der Waals surface area contributed by atoms with Crippen molar-refractivity contribution in [1.82, 2.24) is 15.0 Å². The molecular weight excluding hydrogens is 314 g/mol. The smallest absolute Gasteiger partial charge is 0.143 e. The molecule has 0 aliphatic carbocycles. The van der Waals surface area contributed by atoms with E-state index >= 15 is 0 Å². The van der Waals surface area contributed by atoms with Gasteiger partial charge in [-0.1, -0.05) is 18.2 Å². The standard InChI is InChI=1S/C19H21N5O/c1-14(2)25-17-8-4-3-7-16(17)24-19-10-18(22-13-23-19)21-12-15-6-5-9-20-11-15/h3-11,13-14H,12H2,1-2H3,(H2,21,22,23,24). The molecule has 0 unspecified atom stereocenters. The highest BCUT2D eigenvalue weighted by Gasteiger charge is 2.07. The third-order valence-electron chi connectivity index (χ3n) is 3.38. The molecule has 0 fully saturated rings. The summed E-state index contributed by atoms with van der Waals surface area (Å²) in [6, 6.07) is 13.6. The van der Waals surface area contributed by atoms with E-state index in [-0.39, 0.29) is 6.10 Å². The van der Waals surface area contributed by atoms with Crippen LogP contribution in [0.15, 0.2) is 61.2 Å². The zero-order chi connectivity index (χ0) is 17.5. The van der Waals surface area contributed by atoms with Crippen molar-refractivity contribution < 1.29 is 4.74 Å². The van der Waals surface area contributed by atoms with E-state index in [1.807, 2.05) is 62.5 Å². The number of benzene rings is 1. The van der Waals surface area contributed by atoms with Crippen LogP contribution >= 0.6 is 0 Å². The highest BCUT2D eigenvalue weighted by Crippen LogP contribution is 2.27. The van der Waals surface area contributed by atoms with E-state index < -0.39 is 0 Å². The maximum atomic E-state index is 5.82. The minimum atomic E-state index is 0.102. The number of aromatic nitrogens is 3. The van der Waals surface area contributed by atoms with Crippen molar-refractivity contribution in [3.63, 3.8) is 0 Å². The van der Waals surface area contributed by atoms with Gasteiger partial charge in [-0.2, -0.15) is 0 Å². The molecule has 25 heavy (non-hydrogen) atoms. The van der Waals surface area contributed by atoms with Gasteiger partial charge in [0.1, 0.15) is 23.7 Å². The number of nitrogens with zero attached hydrogens (tertiary/aromatic N) is 3. The number of pyridine rings is 1. The topological polar surface area (TPSA) is 72.0 Å². The molecule has 6 heteroatoms. The maximum absolute atomic E-state index is 5.82. The average molecular weight is 335 g/mol. The van der Waals surface area contributed by atoms with Gasteiger partial charge in [-0.05, 0) is 37.6 Å². The molecule has 3 rings (SSSR count). The summed E-state index contributed by atoms with van der Waals surface area (Å²) in [5.41, 5.74) is 1.96. The van der Waals surface area contributed by atoms with Gasteiger partial charge in [0.25, 0.3) is 0 Å². The molecule has 0 amide bonds. The largest absolute Gasteiger partial charge is 0.489 e. The van der Waals surface area contributed by atoms with Crippen molar-refractivity contribution in [1.29, 1.82) is 0 Å². The second-order valence-corrected chi connectivity index (χ2v) is 5.79. The zero-order valence-electron chi connectivity index (χ0n) is 14.3. The normalized spacial score (nSPS) is 10.5. The predicted octanol–water partition coefficient (Wildman–Crippen LogP) is 4.01. The average Bonchev–Trinajstić information content (AvgIpc) is 2.62. The third-order valence-corrected chi connectivity index (χ3v) is 3.38. The first-order chi connectivity index (χ1) is 12.2. The highest BCUT2D eigenvalue weighted by atomic mass is 16.5. The number of rotatable bonds is 7. The van der Waals surface area contributed by atoms with Gasteiger partial charge in [-0.25, -0.2) is 9.97 Å². The van der Waals surface area contributed by atoms with Gasteiger partial charge in [-0.15, -0.1) is 0 Å². The van der Waals surface area contributed by atoms with Gasteiger partial charge in [0.15, 0.2) is 0 Å². The van der Waals surface area contributed by atoms with E-state index in [4.69, 9.17) is 4.74 Å². The van der Waals surface area contributed by atoms with Gasteiger partial charge in [0, 0.05) is 25.0 Å². The molecule has 0 atom stereocenters. The Morgan fingerprint density at radius 1 is 1.04 bits per heavy atom. The van der Waals surface area contributed by atoms with Crippen LogP contribution in [0, 0.1) is 0 Å². The molecule has 3 aromatic rings. The molecule has 0 bridgehead atoms. The number of nitrogens with one attached hydrogen (secondary N) is 2. The van der Waals surface area contributed by atoms with E-state index in [1.165, 1.54) is 6.33 Å². The Hall–Kier alpha value is -3.15. The molecule has 0 saturated carbocycles. The van der Waals surface area contributed by atoms with Crippen LogP contribution in [0.3, 0.4) is 0 Å². The summed E-state index contributed by atoms with van der Waals surface area (Å²) >= 11 is 0. The van der Waals surface area contributed by atoms with E-state index in [0.717, 1.165) is 22.8 Å². The van der Waals surface area contributed by atoms with Crippen LogP contribution in [0.25, 0.3) is 0 Å². The first-order valence-corrected chi connectivity index (χ1v) is 8.18. The van der Waals surface area contributed by atoms with Crippen LogP contribution in [0.1, 0.15) is 19.4 Å². The molecule has 2 N–H and O–H groups in total. The van der Waals surface area contributed by atoms with Gasteiger partial charge in [0.2, 0.25) is 0 Å². The summed E-state index contributed by atoms with van der Waals surface area (Å²) in [6.07, 6.45) is 5.21. The number of anilines is 3. The van der Waals surface area contributed by atoms with Gasteiger partial charge < -0.3 is 15.4 Å². The Morgan fingerprint density at radius 2 is 1.88 bits per heavy atom. The van der Waals surface area contributed by atoms with Crippen molar-refractivity contribution in [2.75, 3.05) is 10.6 Å². The lowest BCUT2D eigenvalue weighted by atomic mass is 10.3. The number of para-hydroxylation sites is 2. The summed E-state index contributed by atoms with van der Waals surface area (Å²) in [4.78, 5) is 12.6. The highest BCUT2D eigenvalue weighted by molar-refractivity contribution is 5.65. The Balaban J connectivity index is 1.70. The molecule has 0 aliphatic heterocycles. The molecular formula is C19H21N5O. The fourth-order valence-corrected chi connectivity index (χ4v) is 2.28. The lowest BCUT2D eigenvalue weighted by molar-refractivity contribution is 0.244. The van der Waals surface area contributed by atoms with Gasteiger partial charge in [0.05, 0.1) is 11.8 Å². The van der Waals surface area contributed by atoms with Gasteiger partial charge >= 0.3 is 0 Å². The first kappa shape index (κ1) is 16.7. The summed E-state index contributed by atoms with van der Waals surface area (Å²) in [7, 11) is 0. The van der Waals surface area contributed by atoms with Crippen molar-refractivity contribution in [2.45, 2.75) is 26.5 Å². The second kappa shape index (κ2) is 8.10. The lowest BCUT2D eigenvalue weighted by Gasteiger charge is -2.15. The summed E-state index contributed by atoms with van der Waals surface area (Å²) in [6.45, 7) is 4.65. The SMILES string of the molecule is CC(C)Oc1ccccc1Nc1cc(NCc2cccnc2)ncn1. The van der Waals surface area contributed by atoms with E-state index in [9.17, 15) is 0 Å². The molecule has 0 spiro atoms. The van der Waals surface area contributed by atoms with E-state index in [1.54, 1.807) is 6.20 Å². The lowest BCUT2D eigenvalue weighted by Crippen LogP contribution is -2.08. The maximum Gasteiger partial charge on any atom is 0.143 e. The van der Waals surface area contributed by atoms with Crippen LogP contribution in [0.2, 0.25) is 0 Å². The van der Waals surface area contributed by atoms with Crippen LogP contribution in [-0.4, -0.2) is 21.1 Å². The monoisotopic (exact) mass is 335 g/mol.